The SMILES string of the molecule is CCOc1cc(/C=N\Nc2ccccc2)ccc1OCc1ccccc1. The van der Waals surface area contributed by atoms with Crippen LogP contribution in [-0.2, 0) is 6.61 Å². The van der Waals surface area contributed by atoms with E-state index < -0.39 is 0 Å². The van der Waals surface area contributed by atoms with Crippen LogP contribution in [0.3, 0.4) is 0 Å². The van der Waals surface area contributed by atoms with Crippen LogP contribution >= 0.6 is 0 Å². The van der Waals surface area contributed by atoms with Crippen LogP contribution in [0.1, 0.15) is 18.1 Å². The molecule has 3 aromatic carbocycles. The average molecular weight is 346 g/mol. The van der Waals surface area contributed by atoms with Crippen molar-refractivity contribution in [2.45, 2.75) is 13.5 Å². The van der Waals surface area contributed by atoms with Gasteiger partial charge >= 0.3 is 0 Å². The number of nitrogens with zero attached hydrogens (tertiary/aromatic N) is 1. The van der Waals surface area contributed by atoms with Crippen molar-refractivity contribution in [3.8, 4) is 11.5 Å². The molecule has 3 aromatic rings. The van der Waals surface area contributed by atoms with Gasteiger partial charge in [-0.1, -0.05) is 48.5 Å². The first-order valence-electron chi connectivity index (χ1n) is 8.63. The van der Waals surface area contributed by atoms with E-state index in [0.717, 1.165) is 22.6 Å². The van der Waals surface area contributed by atoms with Crippen molar-refractivity contribution in [2.75, 3.05) is 12.0 Å². The Kier molecular flexibility index (Phi) is 6.26. The van der Waals surface area contributed by atoms with Crippen molar-refractivity contribution in [1.82, 2.24) is 0 Å². The largest absolute Gasteiger partial charge is 0.490 e. The minimum atomic E-state index is 0.504. The molecule has 0 spiro atoms. The summed E-state index contributed by atoms with van der Waals surface area (Å²) in [6.45, 7) is 3.03. The van der Waals surface area contributed by atoms with E-state index >= 15 is 0 Å². The highest BCUT2D eigenvalue weighted by atomic mass is 16.5. The van der Waals surface area contributed by atoms with Gasteiger partial charge in [0.05, 0.1) is 18.5 Å². The number of hydrogen-bond donors (Lipinski definition) is 1. The molecule has 0 aromatic heterocycles. The molecule has 0 atom stereocenters. The zero-order valence-electron chi connectivity index (χ0n) is 14.8. The first-order chi connectivity index (χ1) is 12.8. The number of anilines is 1. The zero-order chi connectivity index (χ0) is 18.0. The van der Waals surface area contributed by atoms with E-state index in [1.165, 1.54) is 0 Å². The molecule has 4 nitrogen and oxygen atoms in total. The summed E-state index contributed by atoms with van der Waals surface area (Å²) < 4.78 is 11.6. The molecule has 0 amide bonds. The Morgan fingerprint density at radius 1 is 0.846 bits per heavy atom. The molecular formula is C22H22N2O2. The number of hydrogen-bond acceptors (Lipinski definition) is 4. The fourth-order valence-corrected chi connectivity index (χ4v) is 2.42. The molecule has 0 bridgehead atoms. The third-order valence-corrected chi connectivity index (χ3v) is 3.69. The van der Waals surface area contributed by atoms with Crippen LogP contribution < -0.4 is 14.9 Å². The fourth-order valence-electron chi connectivity index (χ4n) is 2.42. The van der Waals surface area contributed by atoms with Crippen molar-refractivity contribution < 1.29 is 9.47 Å². The maximum atomic E-state index is 5.92. The van der Waals surface area contributed by atoms with E-state index in [1.54, 1.807) is 6.21 Å². The van der Waals surface area contributed by atoms with Crippen molar-refractivity contribution in [3.05, 3.63) is 90.0 Å². The summed E-state index contributed by atoms with van der Waals surface area (Å²) in [5, 5.41) is 4.26. The molecule has 4 heteroatoms. The molecule has 0 fully saturated rings. The van der Waals surface area contributed by atoms with E-state index in [0.29, 0.717) is 19.0 Å². The summed E-state index contributed by atoms with van der Waals surface area (Å²) in [5.41, 5.74) is 6.00. The molecule has 0 aliphatic carbocycles. The Balaban J connectivity index is 1.67. The predicted octanol–water partition coefficient (Wildman–Crippen LogP) is 5.11. The lowest BCUT2D eigenvalue weighted by molar-refractivity contribution is 0.269. The predicted molar refractivity (Wildman–Crippen MR) is 106 cm³/mol. The number of hydrazone groups is 1. The number of benzene rings is 3. The van der Waals surface area contributed by atoms with Crippen LogP contribution in [0.15, 0.2) is 84.0 Å². The molecular weight excluding hydrogens is 324 g/mol. The Morgan fingerprint density at radius 2 is 1.58 bits per heavy atom. The highest BCUT2D eigenvalue weighted by Crippen LogP contribution is 2.29. The molecule has 1 N–H and O–H groups in total. The standard InChI is InChI=1S/C22H22N2O2/c1-2-25-22-15-19(16-23-24-20-11-7-4-8-12-20)13-14-21(22)26-17-18-9-5-3-6-10-18/h3-16,24H,2,17H2,1H3/b23-16-. The normalized spacial score (nSPS) is 10.7. The van der Waals surface area contributed by atoms with Gasteiger partial charge in [-0.25, -0.2) is 0 Å². The minimum absolute atomic E-state index is 0.504. The molecule has 0 saturated carbocycles. The van der Waals surface area contributed by atoms with Crippen molar-refractivity contribution in [1.29, 1.82) is 0 Å². The topological polar surface area (TPSA) is 42.8 Å². The van der Waals surface area contributed by atoms with Gasteiger partial charge in [-0.15, -0.1) is 0 Å². The lowest BCUT2D eigenvalue weighted by Crippen LogP contribution is -2.00. The zero-order valence-corrected chi connectivity index (χ0v) is 14.8. The monoisotopic (exact) mass is 346 g/mol. The maximum Gasteiger partial charge on any atom is 0.161 e. The van der Waals surface area contributed by atoms with Crippen molar-refractivity contribution in [2.24, 2.45) is 5.10 Å². The molecule has 0 aliphatic rings. The smallest absolute Gasteiger partial charge is 0.161 e. The minimum Gasteiger partial charge on any atom is -0.490 e. The average Bonchev–Trinajstić information content (AvgIpc) is 2.69. The third kappa shape index (κ3) is 5.11. The van der Waals surface area contributed by atoms with E-state index in [2.05, 4.69) is 10.5 Å². The second-order valence-corrected chi connectivity index (χ2v) is 5.65. The lowest BCUT2D eigenvalue weighted by Gasteiger charge is -2.12. The Bertz CT molecular complexity index is 833. The summed E-state index contributed by atoms with van der Waals surface area (Å²) in [6.07, 6.45) is 1.76. The van der Waals surface area contributed by atoms with Crippen LogP contribution in [0.2, 0.25) is 0 Å². The van der Waals surface area contributed by atoms with Crippen LogP contribution in [-0.4, -0.2) is 12.8 Å². The molecule has 0 aliphatic heterocycles. The number of ether oxygens (including phenoxy) is 2. The number of nitrogens with one attached hydrogen (secondary N) is 1. The molecule has 0 saturated heterocycles. The Labute approximate surface area is 154 Å². The van der Waals surface area contributed by atoms with Gasteiger partial charge in [0.25, 0.3) is 0 Å². The summed E-state index contributed by atoms with van der Waals surface area (Å²) in [4.78, 5) is 0. The van der Waals surface area contributed by atoms with Crippen molar-refractivity contribution in [3.63, 3.8) is 0 Å². The highest BCUT2D eigenvalue weighted by Gasteiger charge is 2.06. The Hall–Kier alpha value is -3.27. The van der Waals surface area contributed by atoms with Gasteiger partial charge < -0.3 is 9.47 Å². The van der Waals surface area contributed by atoms with E-state index in [1.807, 2.05) is 85.8 Å². The van der Waals surface area contributed by atoms with Crippen LogP contribution in [0, 0.1) is 0 Å². The van der Waals surface area contributed by atoms with E-state index in [9.17, 15) is 0 Å². The third-order valence-electron chi connectivity index (χ3n) is 3.69. The van der Waals surface area contributed by atoms with Crippen molar-refractivity contribution >= 4 is 11.9 Å². The first-order valence-corrected chi connectivity index (χ1v) is 8.63. The van der Waals surface area contributed by atoms with E-state index in [-0.39, 0.29) is 0 Å². The van der Waals surface area contributed by atoms with Gasteiger partial charge in [0.2, 0.25) is 0 Å². The lowest BCUT2D eigenvalue weighted by atomic mass is 10.2. The molecule has 0 heterocycles. The maximum absolute atomic E-state index is 5.92. The highest BCUT2D eigenvalue weighted by molar-refractivity contribution is 5.81. The van der Waals surface area contributed by atoms with E-state index in [4.69, 9.17) is 9.47 Å². The Morgan fingerprint density at radius 3 is 2.31 bits per heavy atom. The number of rotatable bonds is 8. The van der Waals surface area contributed by atoms with Gasteiger partial charge in [0.1, 0.15) is 6.61 Å². The van der Waals surface area contributed by atoms with Gasteiger partial charge in [-0.3, -0.25) is 5.43 Å². The van der Waals surface area contributed by atoms with Crippen LogP contribution in [0.4, 0.5) is 5.69 Å². The van der Waals surface area contributed by atoms with Crippen LogP contribution in [0.5, 0.6) is 11.5 Å². The second kappa shape index (κ2) is 9.28. The van der Waals surface area contributed by atoms with Gasteiger partial charge in [-0.05, 0) is 48.4 Å². The quantitative estimate of drug-likeness (QED) is 0.455. The second-order valence-electron chi connectivity index (χ2n) is 5.65. The van der Waals surface area contributed by atoms with Gasteiger partial charge in [0, 0.05) is 0 Å². The molecule has 132 valence electrons. The molecule has 0 radical (unpaired) electrons. The van der Waals surface area contributed by atoms with Gasteiger partial charge in [-0.2, -0.15) is 5.10 Å². The first kappa shape index (κ1) is 17.5. The molecule has 3 rings (SSSR count). The molecule has 26 heavy (non-hydrogen) atoms. The summed E-state index contributed by atoms with van der Waals surface area (Å²) in [7, 11) is 0. The number of para-hydroxylation sites is 1. The summed E-state index contributed by atoms with van der Waals surface area (Å²) in [5.74, 6) is 1.44. The molecule has 0 unspecified atom stereocenters. The van der Waals surface area contributed by atoms with Crippen LogP contribution in [0.25, 0.3) is 0 Å². The summed E-state index contributed by atoms with van der Waals surface area (Å²) >= 11 is 0. The summed E-state index contributed by atoms with van der Waals surface area (Å²) in [6, 6.07) is 25.7. The fraction of sp³-hybridized carbons (Fsp3) is 0.136. The van der Waals surface area contributed by atoms with Gasteiger partial charge in [0.15, 0.2) is 11.5 Å².